The van der Waals surface area contributed by atoms with Crippen molar-refractivity contribution in [3.05, 3.63) is 29.3 Å². The normalized spacial score (nSPS) is 17.5. The lowest BCUT2D eigenvalue weighted by Crippen LogP contribution is -2.47. The Labute approximate surface area is 150 Å². The lowest BCUT2D eigenvalue weighted by atomic mass is 9.96. The molecule has 2 rings (SSSR count). The molecule has 5 nitrogen and oxygen atoms in total. The van der Waals surface area contributed by atoms with Gasteiger partial charge in [0, 0.05) is 19.0 Å². The first kappa shape index (κ1) is 19.3. The molecule has 1 N–H and O–H groups in total. The first-order valence-electron chi connectivity index (χ1n) is 9.15. The molecule has 1 fully saturated rings. The molecule has 138 valence electrons. The molecule has 1 aromatic rings. The van der Waals surface area contributed by atoms with Crippen LogP contribution in [0.15, 0.2) is 18.2 Å². The van der Waals surface area contributed by atoms with Gasteiger partial charge in [0.15, 0.2) is 0 Å². The van der Waals surface area contributed by atoms with Crippen molar-refractivity contribution in [1.82, 2.24) is 10.2 Å². The second-order valence-electron chi connectivity index (χ2n) is 7.14. The van der Waals surface area contributed by atoms with Crippen molar-refractivity contribution < 1.29 is 14.3 Å². The van der Waals surface area contributed by atoms with E-state index in [0.29, 0.717) is 19.7 Å². The highest BCUT2D eigenvalue weighted by Crippen LogP contribution is 2.22. The summed E-state index contributed by atoms with van der Waals surface area (Å²) in [4.78, 5) is 26.3. The molecular formula is C20H30N2O3. The van der Waals surface area contributed by atoms with Gasteiger partial charge < -0.3 is 15.0 Å². The summed E-state index contributed by atoms with van der Waals surface area (Å²) in [6.07, 6.45) is 1.72. The van der Waals surface area contributed by atoms with E-state index in [0.717, 1.165) is 36.3 Å². The summed E-state index contributed by atoms with van der Waals surface area (Å²) in [5.74, 6) is 0.912. The smallest absolute Gasteiger partial charge is 0.225 e. The van der Waals surface area contributed by atoms with Crippen LogP contribution in [0, 0.1) is 25.7 Å². The van der Waals surface area contributed by atoms with E-state index in [1.54, 1.807) is 0 Å². The SMILES string of the molecule is Cc1cccc(C)c1OCCNC(=O)C1CCCN(C(=O)C(C)C)C1. The van der Waals surface area contributed by atoms with Gasteiger partial charge in [-0.15, -0.1) is 0 Å². The van der Waals surface area contributed by atoms with Crippen LogP contribution in [0.3, 0.4) is 0 Å². The Kier molecular flexibility index (Phi) is 6.85. The first-order valence-corrected chi connectivity index (χ1v) is 9.15. The van der Waals surface area contributed by atoms with Gasteiger partial charge >= 0.3 is 0 Å². The lowest BCUT2D eigenvalue weighted by Gasteiger charge is -2.33. The summed E-state index contributed by atoms with van der Waals surface area (Å²) >= 11 is 0. The van der Waals surface area contributed by atoms with E-state index in [4.69, 9.17) is 4.74 Å². The number of nitrogens with one attached hydrogen (secondary N) is 1. The van der Waals surface area contributed by atoms with E-state index < -0.39 is 0 Å². The van der Waals surface area contributed by atoms with Gasteiger partial charge in [0.25, 0.3) is 0 Å². The van der Waals surface area contributed by atoms with Gasteiger partial charge in [-0.05, 0) is 37.8 Å². The fourth-order valence-electron chi connectivity index (χ4n) is 3.25. The molecule has 1 saturated heterocycles. The predicted molar refractivity (Wildman–Crippen MR) is 98.6 cm³/mol. The minimum Gasteiger partial charge on any atom is -0.491 e. The molecule has 1 unspecified atom stereocenters. The summed E-state index contributed by atoms with van der Waals surface area (Å²) in [6, 6.07) is 6.04. The van der Waals surface area contributed by atoms with Crippen LogP contribution < -0.4 is 10.1 Å². The number of amides is 2. The Bertz CT molecular complexity index is 593. The highest BCUT2D eigenvalue weighted by atomic mass is 16.5. The number of hydrogen-bond donors (Lipinski definition) is 1. The molecule has 5 heteroatoms. The predicted octanol–water partition coefficient (Wildman–Crippen LogP) is 2.69. The van der Waals surface area contributed by atoms with Crippen LogP contribution in [0.4, 0.5) is 0 Å². The number of aryl methyl sites for hydroxylation is 2. The molecule has 0 bridgehead atoms. The van der Waals surface area contributed by atoms with Gasteiger partial charge in [-0.2, -0.15) is 0 Å². The van der Waals surface area contributed by atoms with Gasteiger partial charge in [-0.25, -0.2) is 0 Å². The number of nitrogens with zero attached hydrogens (tertiary/aromatic N) is 1. The monoisotopic (exact) mass is 346 g/mol. The Hall–Kier alpha value is -2.04. The fourth-order valence-corrected chi connectivity index (χ4v) is 3.25. The van der Waals surface area contributed by atoms with Crippen LogP contribution in [0.25, 0.3) is 0 Å². The number of hydrogen-bond acceptors (Lipinski definition) is 3. The van der Waals surface area contributed by atoms with Crippen molar-refractivity contribution in [3.8, 4) is 5.75 Å². The van der Waals surface area contributed by atoms with Gasteiger partial charge in [0.1, 0.15) is 12.4 Å². The second-order valence-corrected chi connectivity index (χ2v) is 7.14. The molecule has 0 aromatic heterocycles. The number of likely N-dealkylation sites (tertiary alicyclic amines) is 1. The third-order valence-corrected chi connectivity index (χ3v) is 4.65. The van der Waals surface area contributed by atoms with E-state index in [1.165, 1.54) is 0 Å². The van der Waals surface area contributed by atoms with E-state index in [1.807, 2.05) is 50.8 Å². The molecule has 0 radical (unpaired) electrons. The van der Waals surface area contributed by atoms with Crippen LogP contribution in [0.2, 0.25) is 0 Å². The van der Waals surface area contributed by atoms with Crippen LogP contribution >= 0.6 is 0 Å². The van der Waals surface area contributed by atoms with Crippen molar-refractivity contribution in [2.45, 2.75) is 40.5 Å². The molecule has 1 atom stereocenters. The summed E-state index contributed by atoms with van der Waals surface area (Å²) in [5, 5.41) is 2.95. The Balaban J connectivity index is 1.77. The number of rotatable bonds is 6. The maximum absolute atomic E-state index is 12.4. The third kappa shape index (κ3) is 5.21. The zero-order chi connectivity index (χ0) is 18.4. The largest absolute Gasteiger partial charge is 0.491 e. The van der Waals surface area contributed by atoms with Crippen LogP contribution in [-0.2, 0) is 9.59 Å². The zero-order valence-electron chi connectivity index (χ0n) is 15.8. The van der Waals surface area contributed by atoms with E-state index >= 15 is 0 Å². The van der Waals surface area contributed by atoms with Crippen LogP contribution in [0.1, 0.15) is 37.8 Å². The minimum absolute atomic E-state index is 0.0198. The third-order valence-electron chi connectivity index (χ3n) is 4.65. The molecule has 1 aliphatic rings. The van der Waals surface area contributed by atoms with Crippen molar-refractivity contribution in [2.75, 3.05) is 26.2 Å². The van der Waals surface area contributed by atoms with E-state index in [9.17, 15) is 9.59 Å². The summed E-state index contributed by atoms with van der Waals surface area (Å²) in [6.45, 7) is 10.0. The van der Waals surface area contributed by atoms with Gasteiger partial charge in [-0.3, -0.25) is 9.59 Å². The molecule has 1 aromatic carbocycles. The van der Waals surface area contributed by atoms with E-state index in [2.05, 4.69) is 5.32 Å². The Morgan fingerprint density at radius 1 is 1.28 bits per heavy atom. The van der Waals surface area contributed by atoms with Gasteiger partial charge in [-0.1, -0.05) is 32.0 Å². The molecule has 1 heterocycles. The number of para-hydroxylation sites is 1. The number of benzene rings is 1. The molecule has 25 heavy (non-hydrogen) atoms. The minimum atomic E-state index is -0.114. The molecule has 0 saturated carbocycles. The zero-order valence-corrected chi connectivity index (χ0v) is 15.8. The quantitative estimate of drug-likeness (QED) is 0.806. The Morgan fingerprint density at radius 3 is 2.60 bits per heavy atom. The summed E-state index contributed by atoms with van der Waals surface area (Å²) in [7, 11) is 0. The van der Waals surface area contributed by atoms with Crippen LogP contribution in [0.5, 0.6) is 5.75 Å². The average molecular weight is 346 g/mol. The molecular weight excluding hydrogens is 316 g/mol. The van der Waals surface area contributed by atoms with Gasteiger partial charge in [0.05, 0.1) is 12.5 Å². The van der Waals surface area contributed by atoms with Crippen molar-refractivity contribution >= 4 is 11.8 Å². The highest BCUT2D eigenvalue weighted by Gasteiger charge is 2.29. The standard InChI is InChI=1S/C20H30N2O3/c1-14(2)20(24)22-11-6-9-17(13-22)19(23)21-10-12-25-18-15(3)7-5-8-16(18)4/h5,7-8,14,17H,6,9-13H2,1-4H3,(H,21,23). The fraction of sp³-hybridized carbons (Fsp3) is 0.600. The van der Waals surface area contributed by atoms with Gasteiger partial charge in [0.2, 0.25) is 11.8 Å². The molecule has 1 aliphatic heterocycles. The summed E-state index contributed by atoms with van der Waals surface area (Å²) in [5.41, 5.74) is 2.20. The highest BCUT2D eigenvalue weighted by molar-refractivity contribution is 5.82. The average Bonchev–Trinajstić information content (AvgIpc) is 2.59. The molecule has 0 spiro atoms. The molecule has 2 amide bonds. The lowest BCUT2D eigenvalue weighted by molar-refractivity contribution is -0.138. The van der Waals surface area contributed by atoms with Crippen molar-refractivity contribution in [3.63, 3.8) is 0 Å². The van der Waals surface area contributed by atoms with Crippen molar-refractivity contribution in [2.24, 2.45) is 11.8 Å². The molecule has 0 aliphatic carbocycles. The second kappa shape index (κ2) is 8.88. The maximum Gasteiger partial charge on any atom is 0.225 e. The van der Waals surface area contributed by atoms with Crippen molar-refractivity contribution in [1.29, 1.82) is 0 Å². The Morgan fingerprint density at radius 2 is 1.96 bits per heavy atom. The number of carbonyl (C=O) groups excluding carboxylic acids is 2. The number of carbonyl (C=O) groups is 2. The number of ether oxygens (including phenoxy) is 1. The summed E-state index contributed by atoms with van der Waals surface area (Å²) < 4.78 is 5.82. The first-order chi connectivity index (χ1) is 11.9. The maximum atomic E-state index is 12.4. The number of piperidine rings is 1. The van der Waals surface area contributed by atoms with E-state index in [-0.39, 0.29) is 23.7 Å². The topological polar surface area (TPSA) is 58.6 Å². The van der Waals surface area contributed by atoms with Crippen LogP contribution in [-0.4, -0.2) is 43.0 Å².